The van der Waals surface area contributed by atoms with Gasteiger partial charge in [-0.1, -0.05) is 24.3 Å². The highest BCUT2D eigenvalue weighted by atomic mass is 32.2. The lowest BCUT2D eigenvalue weighted by Crippen LogP contribution is -2.61. The topological polar surface area (TPSA) is 103 Å². The van der Waals surface area contributed by atoms with E-state index in [9.17, 15) is 9.18 Å². The highest BCUT2D eigenvalue weighted by molar-refractivity contribution is 8.15. The molecular formula is C24H26FN7OS. The van der Waals surface area contributed by atoms with E-state index < -0.39 is 10.7 Å². The van der Waals surface area contributed by atoms with E-state index in [-0.39, 0.29) is 11.7 Å². The average molecular weight is 480 g/mol. The number of carbonyl (C=O) groups is 1. The first-order valence-corrected chi connectivity index (χ1v) is 11.5. The summed E-state index contributed by atoms with van der Waals surface area (Å²) in [6, 6.07) is 13.8. The third kappa shape index (κ3) is 4.71. The van der Waals surface area contributed by atoms with Gasteiger partial charge in [-0.05, 0) is 62.7 Å². The van der Waals surface area contributed by atoms with Gasteiger partial charge in [-0.25, -0.2) is 19.4 Å². The van der Waals surface area contributed by atoms with Crippen LogP contribution in [0.4, 0.5) is 4.39 Å². The lowest BCUT2D eigenvalue weighted by molar-refractivity contribution is 0.0977. The van der Waals surface area contributed by atoms with Crippen molar-refractivity contribution in [2.75, 3.05) is 21.1 Å². The summed E-state index contributed by atoms with van der Waals surface area (Å²) in [6.45, 7) is 0. The summed E-state index contributed by atoms with van der Waals surface area (Å²) < 4.78 is 14.8. The van der Waals surface area contributed by atoms with Crippen LogP contribution in [0.3, 0.4) is 0 Å². The molecule has 1 atom stereocenters. The molecular weight excluding hydrogens is 453 g/mol. The summed E-state index contributed by atoms with van der Waals surface area (Å²) in [5.41, 5.74) is 1.23. The minimum absolute atomic E-state index is 0.263. The number of amidine groups is 1. The molecule has 0 fully saturated rings. The standard InChI is InChI=1S/C24H26FN7OS/c1-26-23(18-9-10-20(25)19(11-18)17-12-29-15-30-13-17)14-24(27-2,28-3)34-22(32-23)31-21(33)16-7-5-4-6-8-16/h4-13,15,26-28H,14H2,1-3H3,(H,31,32,33)/t23-/m0/s1. The Labute approximate surface area is 201 Å². The Morgan fingerprint density at radius 2 is 1.71 bits per heavy atom. The summed E-state index contributed by atoms with van der Waals surface area (Å²) in [7, 11) is 5.47. The van der Waals surface area contributed by atoms with Gasteiger partial charge < -0.3 is 5.32 Å². The van der Waals surface area contributed by atoms with Crippen molar-refractivity contribution in [2.45, 2.75) is 17.1 Å². The zero-order chi connectivity index (χ0) is 24.2. The van der Waals surface area contributed by atoms with Gasteiger partial charge in [0.2, 0.25) is 0 Å². The largest absolute Gasteiger partial charge is 0.301 e. The molecule has 34 heavy (non-hydrogen) atoms. The van der Waals surface area contributed by atoms with Crippen LogP contribution in [0.5, 0.6) is 0 Å². The smallest absolute Gasteiger partial charge is 0.257 e. The number of halogens is 1. The maximum Gasteiger partial charge on any atom is 0.257 e. The first-order valence-electron chi connectivity index (χ1n) is 10.7. The van der Waals surface area contributed by atoms with E-state index in [1.54, 1.807) is 43.7 Å². The molecule has 0 saturated heterocycles. The summed E-state index contributed by atoms with van der Waals surface area (Å²) in [6.07, 6.45) is 5.00. The Bertz CT molecular complexity index is 1190. The van der Waals surface area contributed by atoms with Crippen molar-refractivity contribution in [2.24, 2.45) is 4.99 Å². The van der Waals surface area contributed by atoms with E-state index in [2.05, 4.69) is 31.2 Å². The molecule has 10 heteroatoms. The Morgan fingerprint density at radius 1 is 1.00 bits per heavy atom. The van der Waals surface area contributed by atoms with Crippen LogP contribution < -0.4 is 21.3 Å². The molecule has 1 aromatic heterocycles. The van der Waals surface area contributed by atoms with Gasteiger partial charge in [-0.2, -0.15) is 0 Å². The molecule has 0 bridgehead atoms. The van der Waals surface area contributed by atoms with Crippen molar-refractivity contribution in [1.82, 2.24) is 31.2 Å². The number of aliphatic imine (C=N–C) groups is 1. The Balaban J connectivity index is 1.79. The van der Waals surface area contributed by atoms with Crippen molar-refractivity contribution in [3.8, 4) is 11.1 Å². The number of benzene rings is 2. The van der Waals surface area contributed by atoms with Gasteiger partial charge in [-0.15, -0.1) is 0 Å². The average Bonchev–Trinajstić information content (AvgIpc) is 2.89. The molecule has 2 heterocycles. The summed E-state index contributed by atoms with van der Waals surface area (Å²) in [4.78, 5) is 25.2. The summed E-state index contributed by atoms with van der Waals surface area (Å²) in [5.74, 6) is -0.647. The van der Waals surface area contributed by atoms with E-state index in [1.807, 2.05) is 32.3 Å². The van der Waals surface area contributed by atoms with Crippen LogP contribution in [0.1, 0.15) is 22.3 Å². The maximum atomic E-state index is 14.8. The van der Waals surface area contributed by atoms with Crippen LogP contribution >= 0.6 is 11.8 Å². The van der Waals surface area contributed by atoms with Crippen molar-refractivity contribution in [1.29, 1.82) is 0 Å². The molecule has 1 aliphatic heterocycles. The highest BCUT2D eigenvalue weighted by Gasteiger charge is 2.46. The number of rotatable bonds is 6. The van der Waals surface area contributed by atoms with Crippen LogP contribution in [0.2, 0.25) is 0 Å². The second-order valence-electron chi connectivity index (χ2n) is 7.78. The number of thioether (sulfide) groups is 1. The molecule has 0 radical (unpaired) electrons. The Hall–Kier alpha value is -3.18. The minimum Gasteiger partial charge on any atom is -0.301 e. The highest BCUT2D eigenvalue weighted by Crippen LogP contribution is 2.42. The molecule has 3 aromatic rings. The predicted molar refractivity (Wildman–Crippen MR) is 133 cm³/mol. The first-order chi connectivity index (χ1) is 16.4. The van der Waals surface area contributed by atoms with Crippen molar-refractivity contribution in [3.63, 3.8) is 0 Å². The van der Waals surface area contributed by atoms with Crippen LogP contribution in [-0.2, 0) is 5.66 Å². The van der Waals surface area contributed by atoms with E-state index in [0.717, 1.165) is 5.56 Å². The summed E-state index contributed by atoms with van der Waals surface area (Å²) in [5, 5.41) is 13.3. The van der Waals surface area contributed by atoms with Crippen LogP contribution in [0.25, 0.3) is 11.1 Å². The fourth-order valence-electron chi connectivity index (χ4n) is 3.91. The van der Waals surface area contributed by atoms with Gasteiger partial charge in [0.15, 0.2) is 5.17 Å². The van der Waals surface area contributed by atoms with Crippen LogP contribution in [0.15, 0.2) is 72.2 Å². The molecule has 2 aromatic carbocycles. The number of nitrogens with one attached hydrogen (secondary N) is 4. The molecule has 1 aliphatic rings. The van der Waals surface area contributed by atoms with Gasteiger partial charge in [-0.3, -0.25) is 20.7 Å². The minimum atomic E-state index is -0.964. The monoisotopic (exact) mass is 479 g/mol. The first kappa shape index (κ1) is 24.0. The number of amides is 1. The normalized spacial score (nSPS) is 19.4. The Kier molecular flexibility index (Phi) is 7.03. The molecule has 0 saturated carbocycles. The number of nitrogens with zero attached hydrogens (tertiary/aromatic N) is 3. The molecule has 0 aliphatic carbocycles. The molecule has 176 valence electrons. The second-order valence-corrected chi connectivity index (χ2v) is 9.06. The van der Waals surface area contributed by atoms with E-state index in [0.29, 0.717) is 28.3 Å². The van der Waals surface area contributed by atoms with Crippen molar-refractivity contribution < 1.29 is 9.18 Å². The molecule has 8 nitrogen and oxygen atoms in total. The molecule has 1 amide bonds. The van der Waals surface area contributed by atoms with Crippen molar-refractivity contribution >= 4 is 22.8 Å². The Morgan fingerprint density at radius 3 is 2.35 bits per heavy atom. The molecule has 0 spiro atoms. The van der Waals surface area contributed by atoms with Gasteiger partial charge in [0, 0.05) is 35.5 Å². The van der Waals surface area contributed by atoms with Gasteiger partial charge in [0.1, 0.15) is 22.8 Å². The fourth-order valence-corrected chi connectivity index (χ4v) is 5.07. The number of hydrogen-bond acceptors (Lipinski definition) is 8. The molecule has 4 N–H and O–H groups in total. The lowest BCUT2D eigenvalue weighted by atomic mass is 9.91. The number of aromatic nitrogens is 2. The maximum absolute atomic E-state index is 14.8. The van der Waals surface area contributed by atoms with E-state index >= 15 is 0 Å². The van der Waals surface area contributed by atoms with E-state index in [4.69, 9.17) is 4.99 Å². The lowest BCUT2D eigenvalue weighted by Gasteiger charge is -2.45. The van der Waals surface area contributed by atoms with Crippen LogP contribution in [0, 0.1) is 5.82 Å². The van der Waals surface area contributed by atoms with Gasteiger partial charge in [0.05, 0.1) is 0 Å². The quantitative estimate of drug-likeness (QED) is 0.403. The van der Waals surface area contributed by atoms with Crippen LogP contribution in [-0.4, -0.2) is 47.2 Å². The predicted octanol–water partition coefficient (Wildman–Crippen LogP) is 2.67. The van der Waals surface area contributed by atoms with Crippen molar-refractivity contribution in [3.05, 3.63) is 84.2 Å². The van der Waals surface area contributed by atoms with Gasteiger partial charge in [0.25, 0.3) is 5.91 Å². The molecule has 4 rings (SSSR count). The zero-order valence-electron chi connectivity index (χ0n) is 19.1. The molecule has 0 unspecified atom stereocenters. The zero-order valence-corrected chi connectivity index (χ0v) is 19.9. The number of carbonyl (C=O) groups excluding carboxylic acids is 1. The SMILES string of the molecule is CNC1(NC)C[C@@](NC)(c2ccc(F)c(-c3cncnc3)c2)N=C(NC(=O)c2ccccc2)S1. The second kappa shape index (κ2) is 9.98. The number of hydrogen-bond donors (Lipinski definition) is 4. The summed E-state index contributed by atoms with van der Waals surface area (Å²) >= 11 is 1.38. The third-order valence-electron chi connectivity index (χ3n) is 5.86. The van der Waals surface area contributed by atoms with E-state index in [1.165, 1.54) is 24.2 Å². The van der Waals surface area contributed by atoms with Gasteiger partial charge >= 0.3 is 0 Å². The fraction of sp³-hybridized carbons (Fsp3) is 0.250. The third-order valence-corrected chi connectivity index (χ3v) is 7.15.